The van der Waals surface area contributed by atoms with Gasteiger partial charge in [0.25, 0.3) is 0 Å². The molecule has 0 radical (unpaired) electrons. The number of hydrogen-bond donors (Lipinski definition) is 2. The molecule has 0 unspecified atom stereocenters. The van der Waals surface area contributed by atoms with Crippen LogP contribution in [0.15, 0.2) is 18.2 Å². The van der Waals surface area contributed by atoms with Crippen LogP contribution in [0.4, 0.5) is 0 Å². The van der Waals surface area contributed by atoms with Crippen LogP contribution in [0, 0.1) is 0 Å². The Kier molecular flexibility index (Phi) is 3.38. The van der Waals surface area contributed by atoms with E-state index in [1.54, 1.807) is 25.3 Å². The van der Waals surface area contributed by atoms with Crippen molar-refractivity contribution in [2.24, 2.45) is 11.5 Å². The van der Waals surface area contributed by atoms with E-state index in [9.17, 15) is 0 Å². The van der Waals surface area contributed by atoms with Gasteiger partial charge in [0.15, 0.2) is 0 Å². The summed E-state index contributed by atoms with van der Waals surface area (Å²) in [5.74, 6) is 0.637. The van der Waals surface area contributed by atoms with Gasteiger partial charge in [-0.3, -0.25) is 0 Å². The predicted molar refractivity (Wildman–Crippen MR) is 64.8 cm³/mol. The monoisotopic (exact) mass is 226 g/mol. The molecule has 0 heterocycles. The van der Waals surface area contributed by atoms with Crippen LogP contribution in [0.1, 0.15) is 11.1 Å². The van der Waals surface area contributed by atoms with Gasteiger partial charge in [-0.15, -0.1) is 0 Å². The van der Waals surface area contributed by atoms with Crippen molar-refractivity contribution in [3.05, 3.63) is 29.3 Å². The molecule has 74 valence electrons. The number of benzene rings is 1. The lowest BCUT2D eigenvalue weighted by atomic mass is 10.1. The van der Waals surface area contributed by atoms with Crippen LogP contribution in [0.5, 0.6) is 5.75 Å². The minimum absolute atomic E-state index is 0.293. The first kappa shape index (κ1) is 10.9. The minimum atomic E-state index is 0.293. The molecule has 3 nitrogen and oxygen atoms in total. The molecular formula is C9H10N2OS2. The number of ether oxygens (including phenoxy) is 1. The molecule has 0 saturated carbocycles. The van der Waals surface area contributed by atoms with Gasteiger partial charge in [0.05, 0.1) is 7.11 Å². The van der Waals surface area contributed by atoms with Crippen LogP contribution in [0.25, 0.3) is 0 Å². The average molecular weight is 226 g/mol. The zero-order chi connectivity index (χ0) is 10.7. The summed E-state index contributed by atoms with van der Waals surface area (Å²) >= 11 is 9.71. The van der Waals surface area contributed by atoms with Gasteiger partial charge in [-0.2, -0.15) is 0 Å². The van der Waals surface area contributed by atoms with Crippen molar-refractivity contribution in [3.63, 3.8) is 0 Å². The maximum Gasteiger partial charge on any atom is 0.120 e. The lowest BCUT2D eigenvalue weighted by Crippen LogP contribution is -2.14. The van der Waals surface area contributed by atoms with E-state index >= 15 is 0 Å². The Bertz CT molecular complexity index is 358. The standard InChI is InChI=1S/C9H10N2OS2/c1-12-7-3-5(8(10)13)2-6(4-7)9(11)14/h2-4H,1H3,(H2,10,13)(H2,11,14). The molecule has 0 aliphatic carbocycles. The minimum Gasteiger partial charge on any atom is -0.497 e. The summed E-state index contributed by atoms with van der Waals surface area (Å²) in [7, 11) is 1.56. The van der Waals surface area contributed by atoms with E-state index in [0.717, 1.165) is 0 Å². The second-order valence-electron chi connectivity index (χ2n) is 2.68. The van der Waals surface area contributed by atoms with Crippen LogP contribution in [0.3, 0.4) is 0 Å². The van der Waals surface area contributed by atoms with Crippen molar-refractivity contribution < 1.29 is 4.74 Å². The molecule has 0 aliphatic rings. The smallest absolute Gasteiger partial charge is 0.120 e. The van der Waals surface area contributed by atoms with Gasteiger partial charge < -0.3 is 16.2 Å². The van der Waals surface area contributed by atoms with Gasteiger partial charge in [0.2, 0.25) is 0 Å². The molecule has 0 bridgehead atoms. The normalized spacial score (nSPS) is 9.50. The van der Waals surface area contributed by atoms with E-state index in [2.05, 4.69) is 0 Å². The first-order chi connectivity index (χ1) is 6.54. The van der Waals surface area contributed by atoms with E-state index < -0.39 is 0 Å². The van der Waals surface area contributed by atoms with Crippen LogP contribution < -0.4 is 16.2 Å². The zero-order valence-corrected chi connectivity index (χ0v) is 9.24. The highest BCUT2D eigenvalue weighted by Gasteiger charge is 2.04. The van der Waals surface area contributed by atoms with Crippen LogP contribution in [-0.4, -0.2) is 17.1 Å². The topological polar surface area (TPSA) is 61.3 Å². The summed E-state index contributed by atoms with van der Waals surface area (Å²) in [5, 5.41) is 0. The van der Waals surface area contributed by atoms with Crippen molar-refractivity contribution in [2.45, 2.75) is 0 Å². The van der Waals surface area contributed by atoms with Gasteiger partial charge in [-0.05, 0) is 18.2 Å². The molecule has 14 heavy (non-hydrogen) atoms. The highest BCUT2D eigenvalue weighted by molar-refractivity contribution is 7.81. The Morgan fingerprint density at radius 1 is 1.07 bits per heavy atom. The lowest BCUT2D eigenvalue weighted by molar-refractivity contribution is 0.414. The van der Waals surface area contributed by atoms with E-state index in [1.807, 2.05) is 0 Å². The van der Waals surface area contributed by atoms with E-state index in [1.165, 1.54) is 0 Å². The number of nitrogens with two attached hydrogens (primary N) is 2. The summed E-state index contributed by atoms with van der Waals surface area (Å²) in [4.78, 5) is 0.586. The summed E-state index contributed by atoms with van der Waals surface area (Å²) in [6.45, 7) is 0. The molecule has 1 rings (SSSR count). The second kappa shape index (κ2) is 4.34. The third kappa shape index (κ3) is 2.40. The van der Waals surface area contributed by atoms with E-state index in [-0.39, 0.29) is 0 Å². The maximum atomic E-state index is 5.50. The molecule has 0 atom stereocenters. The third-order valence-corrected chi connectivity index (χ3v) is 2.18. The molecule has 0 fully saturated rings. The molecule has 1 aromatic rings. The SMILES string of the molecule is COc1cc(C(N)=S)cc(C(N)=S)c1. The van der Waals surface area contributed by atoms with Crippen LogP contribution in [0.2, 0.25) is 0 Å². The molecule has 5 heteroatoms. The number of methoxy groups -OCH3 is 1. The predicted octanol–water partition coefficient (Wildman–Crippen LogP) is 0.964. The third-order valence-electron chi connectivity index (χ3n) is 1.71. The summed E-state index contributed by atoms with van der Waals surface area (Å²) in [5.41, 5.74) is 12.4. The van der Waals surface area contributed by atoms with E-state index in [0.29, 0.717) is 26.9 Å². The Hall–Kier alpha value is -1.20. The Labute approximate surface area is 93.0 Å². The molecular weight excluding hydrogens is 216 g/mol. The first-order valence-electron chi connectivity index (χ1n) is 3.83. The zero-order valence-electron chi connectivity index (χ0n) is 7.61. The van der Waals surface area contributed by atoms with Gasteiger partial charge in [0.1, 0.15) is 15.7 Å². The molecule has 4 N–H and O–H groups in total. The van der Waals surface area contributed by atoms with Gasteiger partial charge in [-0.25, -0.2) is 0 Å². The number of thiocarbonyl (C=S) groups is 2. The molecule has 0 amide bonds. The molecule has 0 spiro atoms. The second-order valence-corrected chi connectivity index (χ2v) is 3.56. The molecule has 0 aromatic heterocycles. The fourth-order valence-corrected chi connectivity index (χ4v) is 1.24. The van der Waals surface area contributed by atoms with Crippen LogP contribution in [-0.2, 0) is 0 Å². The number of rotatable bonds is 3. The van der Waals surface area contributed by atoms with E-state index in [4.69, 9.17) is 40.6 Å². The summed E-state index contributed by atoms with van der Waals surface area (Å²) in [6.07, 6.45) is 0. The highest BCUT2D eigenvalue weighted by Crippen LogP contribution is 2.16. The first-order valence-corrected chi connectivity index (χ1v) is 4.65. The molecule has 0 aliphatic heterocycles. The van der Waals surface area contributed by atoms with Gasteiger partial charge in [0, 0.05) is 11.1 Å². The molecule has 1 aromatic carbocycles. The number of hydrogen-bond acceptors (Lipinski definition) is 3. The van der Waals surface area contributed by atoms with Gasteiger partial charge >= 0.3 is 0 Å². The van der Waals surface area contributed by atoms with Crippen molar-refractivity contribution in [1.82, 2.24) is 0 Å². The van der Waals surface area contributed by atoms with Crippen molar-refractivity contribution >= 4 is 34.4 Å². The quantitative estimate of drug-likeness (QED) is 0.752. The fraction of sp³-hybridized carbons (Fsp3) is 0.111. The Morgan fingerprint density at radius 3 is 1.79 bits per heavy atom. The largest absolute Gasteiger partial charge is 0.497 e. The Morgan fingerprint density at radius 2 is 1.50 bits per heavy atom. The summed E-state index contributed by atoms with van der Waals surface area (Å²) in [6, 6.07) is 5.22. The summed E-state index contributed by atoms with van der Waals surface area (Å²) < 4.78 is 5.07. The van der Waals surface area contributed by atoms with Crippen LogP contribution >= 0.6 is 24.4 Å². The van der Waals surface area contributed by atoms with Crippen molar-refractivity contribution in [1.29, 1.82) is 0 Å². The van der Waals surface area contributed by atoms with Gasteiger partial charge in [-0.1, -0.05) is 24.4 Å². The van der Waals surface area contributed by atoms with Crippen molar-refractivity contribution in [2.75, 3.05) is 7.11 Å². The fourth-order valence-electron chi connectivity index (χ4n) is 1.00. The Balaban J connectivity index is 3.27. The molecule has 0 saturated heterocycles. The maximum absolute atomic E-state index is 5.50. The average Bonchev–Trinajstić information content (AvgIpc) is 2.16. The lowest BCUT2D eigenvalue weighted by Gasteiger charge is -2.06. The van der Waals surface area contributed by atoms with Crippen molar-refractivity contribution in [3.8, 4) is 5.75 Å². The highest BCUT2D eigenvalue weighted by atomic mass is 32.1.